The second-order valence-corrected chi connectivity index (χ2v) is 3.30. The molecule has 0 spiro atoms. The van der Waals surface area contributed by atoms with E-state index in [0.29, 0.717) is 0 Å². The van der Waals surface area contributed by atoms with Crippen LogP contribution in [0, 0.1) is 0 Å². The summed E-state index contributed by atoms with van der Waals surface area (Å²) in [6, 6.07) is 8.06. The molecular formula is C11H14N2. The van der Waals surface area contributed by atoms with E-state index in [0.717, 1.165) is 25.2 Å². The standard InChI is InChI=1S/C11H14N2/c12-10-5-4-6-11(9-10)13-7-2-1-3-8-13/h1-2,4-6,9H,3,7-8,12H2. The first-order chi connectivity index (χ1) is 6.36. The van der Waals surface area contributed by atoms with Crippen LogP contribution < -0.4 is 10.6 Å². The minimum atomic E-state index is 0.840. The second kappa shape index (κ2) is 3.52. The maximum Gasteiger partial charge on any atom is 0.0389 e. The van der Waals surface area contributed by atoms with Crippen LogP contribution in [0.5, 0.6) is 0 Å². The molecule has 0 saturated carbocycles. The van der Waals surface area contributed by atoms with E-state index in [9.17, 15) is 0 Å². The van der Waals surface area contributed by atoms with Gasteiger partial charge >= 0.3 is 0 Å². The van der Waals surface area contributed by atoms with Crippen LogP contribution in [0.15, 0.2) is 36.4 Å². The van der Waals surface area contributed by atoms with Crippen LogP contribution in [-0.2, 0) is 0 Å². The van der Waals surface area contributed by atoms with E-state index in [2.05, 4.69) is 23.1 Å². The maximum atomic E-state index is 5.72. The van der Waals surface area contributed by atoms with E-state index in [1.165, 1.54) is 5.69 Å². The summed E-state index contributed by atoms with van der Waals surface area (Å²) in [6.45, 7) is 2.10. The lowest BCUT2D eigenvalue weighted by Crippen LogP contribution is -2.26. The predicted octanol–water partition coefficient (Wildman–Crippen LogP) is 2.04. The molecule has 0 atom stereocenters. The Morgan fingerprint density at radius 2 is 2.15 bits per heavy atom. The lowest BCUT2D eigenvalue weighted by Gasteiger charge is -2.25. The number of nitrogens with zero attached hydrogens (tertiary/aromatic N) is 1. The summed E-state index contributed by atoms with van der Waals surface area (Å²) < 4.78 is 0. The van der Waals surface area contributed by atoms with Crippen molar-refractivity contribution in [3.63, 3.8) is 0 Å². The molecule has 2 nitrogen and oxygen atoms in total. The van der Waals surface area contributed by atoms with Gasteiger partial charge in [0.05, 0.1) is 0 Å². The molecular weight excluding hydrogens is 160 g/mol. The van der Waals surface area contributed by atoms with Crippen molar-refractivity contribution in [2.24, 2.45) is 0 Å². The van der Waals surface area contributed by atoms with Gasteiger partial charge < -0.3 is 10.6 Å². The van der Waals surface area contributed by atoms with Crippen molar-refractivity contribution in [1.29, 1.82) is 0 Å². The van der Waals surface area contributed by atoms with E-state index < -0.39 is 0 Å². The van der Waals surface area contributed by atoms with Gasteiger partial charge in [0.2, 0.25) is 0 Å². The molecule has 0 radical (unpaired) electrons. The predicted molar refractivity (Wildman–Crippen MR) is 56.8 cm³/mol. The molecule has 1 aromatic rings. The first-order valence-corrected chi connectivity index (χ1v) is 4.62. The Morgan fingerprint density at radius 1 is 1.23 bits per heavy atom. The number of hydrogen-bond donors (Lipinski definition) is 1. The molecule has 2 N–H and O–H groups in total. The molecule has 0 aromatic heterocycles. The number of hydrogen-bond acceptors (Lipinski definition) is 2. The third kappa shape index (κ3) is 1.83. The van der Waals surface area contributed by atoms with Crippen LogP contribution in [0.2, 0.25) is 0 Å². The van der Waals surface area contributed by atoms with Gasteiger partial charge in [-0.25, -0.2) is 0 Å². The SMILES string of the molecule is Nc1cccc(N2CC=CCC2)c1. The molecule has 68 valence electrons. The van der Waals surface area contributed by atoms with E-state index in [1.807, 2.05) is 18.2 Å². The smallest absolute Gasteiger partial charge is 0.0389 e. The maximum absolute atomic E-state index is 5.72. The zero-order valence-corrected chi connectivity index (χ0v) is 7.61. The number of rotatable bonds is 1. The second-order valence-electron chi connectivity index (χ2n) is 3.30. The monoisotopic (exact) mass is 174 g/mol. The molecule has 1 aliphatic rings. The van der Waals surface area contributed by atoms with E-state index in [1.54, 1.807) is 0 Å². The van der Waals surface area contributed by atoms with Gasteiger partial charge in [-0.2, -0.15) is 0 Å². The van der Waals surface area contributed by atoms with Crippen LogP contribution in [-0.4, -0.2) is 13.1 Å². The highest BCUT2D eigenvalue weighted by atomic mass is 15.1. The number of nitrogens with two attached hydrogens (primary N) is 1. The van der Waals surface area contributed by atoms with Gasteiger partial charge in [0.15, 0.2) is 0 Å². The van der Waals surface area contributed by atoms with Crippen molar-refractivity contribution in [3.8, 4) is 0 Å². The van der Waals surface area contributed by atoms with Crippen molar-refractivity contribution in [3.05, 3.63) is 36.4 Å². The van der Waals surface area contributed by atoms with Gasteiger partial charge in [-0.15, -0.1) is 0 Å². The summed E-state index contributed by atoms with van der Waals surface area (Å²) in [5.41, 5.74) is 7.79. The highest BCUT2D eigenvalue weighted by Gasteiger charge is 2.06. The van der Waals surface area contributed by atoms with Gasteiger partial charge in [-0.3, -0.25) is 0 Å². The Hall–Kier alpha value is -1.44. The Labute approximate surface area is 78.7 Å². The molecule has 0 bridgehead atoms. The molecule has 1 heterocycles. The van der Waals surface area contributed by atoms with Crippen LogP contribution in [0.1, 0.15) is 6.42 Å². The van der Waals surface area contributed by atoms with Crippen LogP contribution >= 0.6 is 0 Å². The highest BCUT2D eigenvalue weighted by Crippen LogP contribution is 2.19. The first-order valence-electron chi connectivity index (χ1n) is 4.62. The summed E-state index contributed by atoms with van der Waals surface area (Å²) >= 11 is 0. The quantitative estimate of drug-likeness (QED) is 0.521. The zero-order chi connectivity index (χ0) is 9.10. The normalized spacial score (nSPS) is 16.2. The number of anilines is 2. The molecule has 0 saturated heterocycles. The lowest BCUT2D eigenvalue weighted by molar-refractivity contribution is 0.821. The van der Waals surface area contributed by atoms with Gasteiger partial charge in [-0.1, -0.05) is 18.2 Å². The third-order valence-electron chi connectivity index (χ3n) is 2.29. The Kier molecular flexibility index (Phi) is 2.21. The highest BCUT2D eigenvalue weighted by molar-refractivity contribution is 5.56. The average molecular weight is 174 g/mol. The molecule has 0 amide bonds. The van der Waals surface area contributed by atoms with Crippen LogP contribution in [0.3, 0.4) is 0 Å². The summed E-state index contributed by atoms with van der Waals surface area (Å²) in [6.07, 6.45) is 5.56. The molecule has 2 heteroatoms. The third-order valence-corrected chi connectivity index (χ3v) is 2.29. The summed E-state index contributed by atoms with van der Waals surface area (Å²) in [7, 11) is 0. The van der Waals surface area contributed by atoms with Gasteiger partial charge in [0.1, 0.15) is 0 Å². The van der Waals surface area contributed by atoms with Crippen molar-refractivity contribution >= 4 is 11.4 Å². The van der Waals surface area contributed by atoms with Crippen molar-refractivity contribution in [2.75, 3.05) is 23.7 Å². The molecule has 2 rings (SSSR count). The van der Waals surface area contributed by atoms with E-state index in [-0.39, 0.29) is 0 Å². The topological polar surface area (TPSA) is 29.3 Å². The largest absolute Gasteiger partial charge is 0.399 e. The number of benzene rings is 1. The van der Waals surface area contributed by atoms with Crippen molar-refractivity contribution in [1.82, 2.24) is 0 Å². The lowest BCUT2D eigenvalue weighted by atomic mass is 10.2. The molecule has 1 aromatic carbocycles. The van der Waals surface area contributed by atoms with Gasteiger partial charge in [-0.05, 0) is 24.6 Å². The van der Waals surface area contributed by atoms with Gasteiger partial charge in [0.25, 0.3) is 0 Å². The van der Waals surface area contributed by atoms with Crippen LogP contribution in [0.25, 0.3) is 0 Å². The minimum Gasteiger partial charge on any atom is -0.399 e. The fourth-order valence-corrected chi connectivity index (χ4v) is 1.60. The average Bonchev–Trinajstić information content (AvgIpc) is 2.19. The minimum absolute atomic E-state index is 0.840. The Bertz CT molecular complexity index is 318. The van der Waals surface area contributed by atoms with Crippen LogP contribution in [0.4, 0.5) is 11.4 Å². The fourth-order valence-electron chi connectivity index (χ4n) is 1.60. The number of nitrogen functional groups attached to an aromatic ring is 1. The summed E-state index contributed by atoms with van der Waals surface area (Å²) in [4.78, 5) is 2.33. The summed E-state index contributed by atoms with van der Waals surface area (Å²) in [5, 5.41) is 0. The fraction of sp³-hybridized carbons (Fsp3) is 0.273. The Morgan fingerprint density at radius 3 is 2.85 bits per heavy atom. The molecule has 0 unspecified atom stereocenters. The molecule has 1 aliphatic heterocycles. The van der Waals surface area contributed by atoms with E-state index >= 15 is 0 Å². The van der Waals surface area contributed by atoms with Gasteiger partial charge in [0, 0.05) is 24.5 Å². The van der Waals surface area contributed by atoms with E-state index in [4.69, 9.17) is 5.73 Å². The molecule has 13 heavy (non-hydrogen) atoms. The first kappa shape index (κ1) is 8.17. The Balaban J connectivity index is 2.20. The van der Waals surface area contributed by atoms with Crippen molar-refractivity contribution < 1.29 is 0 Å². The summed E-state index contributed by atoms with van der Waals surface area (Å²) in [5.74, 6) is 0. The molecule has 0 fully saturated rings. The molecule has 0 aliphatic carbocycles. The zero-order valence-electron chi connectivity index (χ0n) is 7.61. The van der Waals surface area contributed by atoms with Crippen molar-refractivity contribution in [2.45, 2.75) is 6.42 Å².